The maximum atomic E-state index is 13.4. The van der Waals surface area contributed by atoms with E-state index in [0.717, 1.165) is 56.2 Å². The van der Waals surface area contributed by atoms with Gasteiger partial charge in [0.15, 0.2) is 0 Å². The van der Waals surface area contributed by atoms with Gasteiger partial charge in [-0.25, -0.2) is 4.39 Å². The zero-order valence-electron chi connectivity index (χ0n) is 15.5. The number of hydrogen-bond acceptors (Lipinski definition) is 4. The van der Waals surface area contributed by atoms with Crippen molar-refractivity contribution in [1.82, 2.24) is 14.4 Å². The van der Waals surface area contributed by atoms with Gasteiger partial charge in [-0.3, -0.25) is 14.6 Å². The van der Waals surface area contributed by atoms with Crippen molar-refractivity contribution < 1.29 is 8.81 Å². The molecule has 2 bridgehead atoms. The van der Waals surface area contributed by atoms with E-state index in [4.69, 9.17) is 4.42 Å². The van der Waals surface area contributed by atoms with Crippen LogP contribution in [0.3, 0.4) is 0 Å². The Morgan fingerprint density at radius 2 is 2.00 bits per heavy atom. The van der Waals surface area contributed by atoms with E-state index >= 15 is 0 Å². The number of furan rings is 1. The lowest BCUT2D eigenvalue weighted by atomic mass is 9.83. The normalized spacial score (nSPS) is 28.4. The molecule has 2 aromatic heterocycles. The Morgan fingerprint density at radius 3 is 2.78 bits per heavy atom. The topological polar surface area (TPSA) is 41.6 Å². The molecule has 0 spiro atoms. The smallest absolute Gasteiger partial charge is 0.255 e. The first-order valence-electron chi connectivity index (χ1n) is 9.99. The van der Waals surface area contributed by atoms with Crippen molar-refractivity contribution in [2.45, 2.75) is 44.6 Å². The summed E-state index contributed by atoms with van der Waals surface area (Å²) in [4.78, 5) is 17.6. The first-order valence-corrected chi connectivity index (χ1v) is 9.99. The summed E-state index contributed by atoms with van der Waals surface area (Å²) in [6.45, 7) is 5.36. The van der Waals surface area contributed by atoms with Crippen LogP contribution in [0, 0.1) is 5.92 Å². The second-order valence-corrected chi connectivity index (χ2v) is 8.39. The molecule has 2 fully saturated rings. The molecule has 3 aliphatic heterocycles. The molecule has 0 N–H and O–H groups in total. The third kappa shape index (κ3) is 3.36. The average Bonchev–Trinajstić information content (AvgIpc) is 3.29. The van der Waals surface area contributed by atoms with Gasteiger partial charge in [0.05, 0.1) is 12.8 Å². The fourth-order valence-corrected chi connectivity index (χ4v) is 5.13. The number of pyridine rings is 1. The summed E-state index contributed by atoms with van der Waals surface area (Å²) < 4.78 is 20.9. The minimum Gasteiger partial charge on any atom is -0.468 e. The van der Waals surface area contributed by atoms with E-state index in [2.05, 4.69) is 15.9 Å². The predicted molar refractivity (Wildman–Crippen MR) is 100 cm³/mol. The predicted octanol–water partition coefficient (Wildman–Crippen LogP) is 2.60. The van der Waals surface area contributed by atoms with Gasteiger partial charge in [-0.15, -0.1) is 0 Å². The van der Waals surface area contributed by atoms with Crippen LogP contribution >= 0.6 is 0 Å². The van der Waals surface area contributed by atoms with E-state index < -0.39 is 6.17 Å². The van der Waals surface area contributed by atoms with Crippen molar-refractivity contribution in [2.75, 3.05) is 26.2 Å². The molecule has 0 radical (unpaired) electrons. The van der Waals surface area contributed by atoms with Crippen molar-refractivity contribution in [3.05, 3.63) is 57.9 Å². The fourth-order valence-electron chi connectivity index (χ4n) is 5.13. The molecule has 0 unspecified atom stereocenters. The SMILES string of the molecule is O=c1c(CN2CC[C@H](F)C2)ccc2n1C[C@H]1C[C@@H]2CN(Cc2ccco2)C1. The van der Waals surface area contributed by atoms with Crippen LogP contribution in [0.1, 0.15) is 35.8 Å². The average molecular weight is 371 g/mol. The third-order valence-corrected chi connectivity index (χ3v) is 6.33. The summed E-state index contributed by atoms with van der Waals surface area (Å²) >= 11 is 0. The monoisotopic (exact) mass is 371 g/mol. The summed E-state index contributed by atoms with van der Waals surface area (Å²) in [6.07, 6.45) is 2.72. The number of nitrogens with zero attached hydrogens (tertiary/aromatic N) is 3. The molecule has 27 heavy (non-hydrogen) atoms. The zero-order chi connectivity index (χ0) is 18.4. The summed E-state index contributed by atoms with van der Waals surface area (Å²) in [5, 5.41) is 0. The van der Waals surface area contributed by atoms with E-state index in [1.165, 1.54) is 0 Å². The number of halogens is 1. The first kappa shape index (κ1) is 17.2. The van der Waals surface area contributed by atoms with Gasteiger partial charge in [-0.05, 0) is 37.0 Å². The molecule has 0 amide bonds. The highest BCUT2D eigenvalue weighted by Gasteiger charge is 2.35. The summed E-state index contributed by atoms with van der Waals surface area (Å²) in [5.41, 5.74) is 2.10. The lowest BCUT2D eigenvalue weighted by Gasteiger charge is -2.42. The minimum absolute atomic E-state index is 0.129. The number of piperidine rings is 1. The van der Waals surface area contributed by atoms with Gasteiger partial charge in [0.25, 0.3) is 5.56 Å². The highest BCUT2D eigenvalue weighted by Crippen LogP contribution is 2.35. The number of hydrogen-bond donors (Lipinski definition) is 0. The third-order valence-electron chi connectivity index (χ3n) is 6.33. The number of fused-ring (bicyclic) bond motifs is 4. The highest BCUT2D eigenvalue weighted by atomic mass is 19.1. The lowest BCUT2D eigenvalue weighted by Crippen LogP contribution is -2.47. The van der Waals surface area contributed by atoms with Crippen LogP contribution in [-0.4, -0.2) is 46.7 Å². The van der Waals surface area contributed by atoms with Gasteiger partial charge < -0.3 is 8.98 Å². The second-order valence-electron chi connectivity index (χ2n) is 8.39. The summed E-state index contributed by atoms with van der Waals surface area (Å²) in [5.74, 6) is 1.90. The van der Waals surface area contributed by atoms with Crippen LogP contribution in [0.2, 0.25) is 0 Å². The number of aromatic nitrogens is 1. The van der Waals surface area contributed by atoms with Gasteiger partial charge in [0, 0.05) is 56.4 Å². The summed E-state index contributed by atoms with van der Waals surface area (Å²) in [6, 6.07) is 8.07. The van der Waals surface area contributed by atoms with Crippen LogP contribution < -0.4 is 5.56 Å². The molecule has 5 rings (SSSR count). The van der Waals surface area contributed by atoms with Gasteiger partial charge in [-0.1, -0.05) is 6.07 Å². The Morgan fingerprint density at radius 1 is 1.07 bits per heavy atom. The number of alkyl halides is 1. The van der Waals surface area contributed by atoms with Crippen molar-refractivity contribution in [3.63, 3.8) is 0 Å². The molecule has 5 heterocycles. The van der Waals surface area contributed by atoms with Crippen LogP contribution in [0.25, 0.3) is 0 Å². The number of rotatable bonds is 4. The lowest BCUT2D eigenvalue weighted by molar-refractivity contribution is 0.107. The molecule has 2 aromatic rings. The fraction of sp³-hybridized carbons (Fsp3) is 0.571. The standard InChI is InChI=1S/C21H26FN3O2/c22-18-5-6-23(13-18)11-16-3-4-20-17-8-15(10-25(20)21(16)26)9-24(12-17)14-19-2-1-7-27-19/h1-4,7,15,17-18H,5-6,8-14H2/t15-,17+,18-/m0/s1. The highest BCUT2D eigenvalue weighted by molar-refractivity contribution is 5.22. The van der Waals surface area contributed by atoms with Crippen molar-refractivity contribution in [1.29, 1.82) is 0 Å². The maximum Gasteiger partial charge on any atom is 0.255 e. The van der Waals surface area contributed by atoms with Crippen molar-refractivity contribution in [2.24, 2.45) is 5.92 Å². The molecule has 144 valence electrons. The van der Waals surface area contributed by atoms with Crippen LogP contribution in [0.4, 0.5) is 4.39 Å². The molecule has 3 aliphatic rings. The molecule has 0 aromatic carbocycles. The Kier molecular flexibility index (Phi) is 4.40. The zero-order valence-corrected chi connectivity index (χ0v) is 15.5. The van der Waals surface area contributed by atoms with E-state index in [1.807, 2.05) is 22.8 Å². The van der Waals surface area contributed by atoms with Crippen molar-refractivity contribution >= 4 is 0 Å². The van der Waals surface area contributed by atoms with Crippen molar-refractivity contribution in [3.8, 4) is 0 Å². The van der Waals surface area contributed by atoms with E-state index in [1.54, 1.807) is 6.26 Å². The van der Waals surface area contributed by atoms with Crippen LogP contribution in [0.15, 0.2) is 39.7 Å². The molecule has 5 nitrogen and oxygen atoms in total. The van der Waals surface area contributed by atoms with Gasteiger partial charge in [0.2, 0.25) is 0 Å². The van der Waals surface area contributed by atoms with E-state index in [0.29, 0.717) is 31.3 Å². The molecule has 6 heteroatoms. The molecular formula is C21H26FN3O2. The van der Waals surface area contributed by atoms with Gasteiger partial charge in [-0.2, -0.15) is 0 Å². The quantitative estimate of drug-likeness (QED) is 0.829. The largest absolute Gasteiger partial charge is 0.468 e. The van der Waals surface area contributed by atoms with E-state index in [-0.39, 0.29) is 5.56 Å². The Labute approximate surface area is 158 Å². The molecule has 2 saturated heterocycles. The minimum atomic E-state index is -0.745. The van der Waals surface area contributed by atoms with Gasteiger partial charge in [0.1, 0.15) is 11.9 Å². The number of likely N-dealkylation sites (tertiary alicyclic amines) is 2. The second kappa shape index (κ2) is 6.91. The van der Waals surface area contributed by atoms with Crippen LogP contribution in [-0.2, 0) is 19.6 Å². The first-order chi connectivity index (χ1) is 13.2. The van der Waals surface area contributed by atoms with Crippen LogP contribution in [0.5, 0.6) is 0 Å². The molecule has 0 aliphatic carbocycles. The molecule has 0 saturated carbocycles. The van der Waals surface area contributed by atoms with Gasteiger partial charge >= 0.3 is 0 Å². The Balaban J connectivity index is 1.35. The Bertz CT molecular complexity index is 863. The molecular weight excluding hydrogens is 345 g/mol. The maximum absolute atomic E-state index is 13.4. The molecule has 3 atom stereocenters. The van der Waals surface area contributed by atoms with E-state index in [9.17, 15) is 9.18 Å². The summed E-state index contributed by atoms with van der Waals surface area (Å²) in [7, 11) is 0. The Hall–Kier alpha value is -1.92.